The fourth-order valence-electron chi connectivity index (χ4n) is 8.93. The molecule has 0 aliphatic rings. The molecule has 0 bridgehead atoms. The SMILES string of the molecule is CCCCCCCCCCCCCCC/C=C/C(O)C(CO)NC(=O)CCCCCCCCCCCCCCCOC(=O)CCCCCCCCCCCCCCCCCCCC. The molecule has 0 spiro atoms. The Bertz CT molecular complexity index is 939. The summed E-state index contributed by atoms with van der Waals surface area (Å²) in [6.45, 7) is 4.90. The largest absolute Gasteiger partial charge is 0.466 e. The van der Waals surface area contributed by atoms with E-state index >= 15 is 0 Å². The van der Waals surface area contributed by atoms with Crippen molar-refractivity contribution in [3.8, 4) is 0 Å². The van der Waals surface area contributed by atoms with Gasteiger partial charge in [0.25, 0.3) is 0 Å². The van der Waals surface area contributed by atoms with Gasteiger partial charge in [0.05, 0.1) is 25.4 Å². The van der Waals surface area contributed by atoms with Gasteiger partial charge in [-0.1, -0.05) is 283 Å². The van der Waals surface area contributed by atoms with Crippen molar-refractivity contribution in [1.82, 2.24) is 5.32 Å². The summed E-state index contributed by atoms with van der Waals surface area (Å²) < 4.78 is 5.48. The van der Waals surface area contributed by atoms with Crippen molar-refractivity contribution in [2.24, 2.45) is 0 Å². The molecule has 0 radical (unpaired) electrons. The van der Waals surface area contributed by atoms with Gasteiger partial charge in [-0.05, 0) is 32.1 Å². The smallest absolute Gasteiger partial charge is 0.305 e. The number of nitrogens with one attached hydrogen (secondary N) is 1. The molecule has 2 unspecified atom stereocenters. The lowest BCUT2D eigenvalue weighted by atomic mass is 10.0. The predicted octanol–water partition coefficient (Wildman–Crippen LogP) is 17.3. The van der Waals surface area contributed by atoms with Crippen molar-refractivity contribution in [3.05, 3.63) is 12.2 Å². The Morgan fingerprint density at radius 3 is 1.08 bits per heavy atom. The van der Waals surface area contributed by atoms with E-state index < -0.39 is 12.1 Å². The highest BCUT2D eigenvalue weighted by molar-refractivity contribution is 5.76. The van der Waals surface area contributed by atoms with Gasteiger partial charge in [-0.15, -0.1) is 0 Å². The second-order valence-electron chi connectivity index (χ2n) is 19.6. The topological polar surface area (TPSA) is 95.9 Å². The maximum atomic E-state index is 12.4. The molecule has 0 rings (SSSR count). The van der Waals surface area contributed by atoms with E-state index in [1.54, 1.807) is 6.08 Å². The van der Waals surface area contributed by atoms with Gasteiger partial charge in [0.15, 0.2) is 0 Å². The summed E-state index contributed by atoms with van der Waals surface area (Å²) in [5, 5.41) is 23.1. The number of esters is 1. The van der Waals surface area contributed by atoms with Crippen LogP contribution in [0.2, 0.25) is 0 Å². The quantitative estimate of drug-likeness (QED) is 0.0321. The molecular weight excluding hydrogens is 779 g/mol. The van der Waals surface area contributed by atoms with Gasteiger partial charge in [0, 0.05) is 12.8 Å². The van der Waals surface area contributed by atoms with Crippen LogP contribution in [0.4, 0.5) is 0 Å². The van der Waals surface area contributed by atoms with Gasteiger partial charge in [0.1, 0.15) is 0 Å². The molecule has 3 N–H and O–H groups in total. The average Bonchev–Trinajstić information content (AvgIpc) is 3.28. The normalized spacial score (nSPS) is 12.6. The van der Waals surface area contributed by atoms with Gasteiger partial charge >= 0.3 is 5.97 Å². The molecule has 1 amide bonds. The van der Waals surface area contributed by atoms with Gasteiger partial charge in [-0.25, -0.2) is 0 Å². The van der Waals surface area contributed by atoms with Crippen molar-refractivity contribution in [1.29, 1.82) is 0 Å². The minimum absolute atomic E-state index is 0.00202. The van der Waals surface area contributed by atoms with E-state index in [0.717, 1.165) is 57.8 Å². The standard InChI is InChI=1S/C57H111NO5/c1-3-5-7-9-11-13-15-17-19-20-21-23-27-31-35-39-43-47-51-57(62)63-52-48-44-40-36-32-28-24-26-30-34-38-42-46-50-56(61)58-54(53-59)55(60)49-45-41-37-33-29-25-22-18-16-14-12-10-8-6-4-2/h45,49,54-55,59-60H,3-44,46-48,50-53H2,1-2H3,(H,58,61)/b49-45+. The third-order valence-corrected chi connectivity index (χ3v) is 13.3. The van der Waals surface area contributed by atoms with Gasteiger partial charge in [-0.3, -0.25) is 9.59 Å². The van der Waals surface area contributed by atoms with E-state index in [9.17, 15) is 19.8 Å². The number of unbranched alkanes of at least 4 members (excludes halogenated alkanes) is 42. The van der Waals surface area contributed by atoms with Crippen LogP contribution in [0.3, 0.4) is 0 Å². The maximum absolute atomic E-state index is 12.4. The van der Waals surface area contributed by atoms with Crippen LogP contribution < -0.4 is 5.32 Å². The Balaban J connectivity index is 3.44. The zero-order valence-corrected chi connectivity index (χ0v) is 42.6. The van der Waals surface area contributed by atoms with Crippen molar-refractivity contribution in [2.45, 2.75) is 328 Å². The van der Waals surface area contributed by atoms with Crippen LogP contribution >= 0.6 is 0 Å². The van der Waals surface area contributed by atoms with E-state index in [2.05, 4.69) is 19.2 Å². The number of allylic oxidation sites excluding steroid dienone is 1. The molecule has 0 saturated heterocycles. The van der Waals surface area contributed by atoms with Crippen molar-refractivity contribution in [3.63, 3.8) is 0 Å². The number of amides is 1. The van der Waals surface area contributed by atoms with E-state index in [1.165, 1.54) is 231 Å². The molecule has 6 nitrogen and oxygen atoms in total. The maximum Gasteiger partial charge on any atom is 0.305 e. The third kappa shape index (κ3) is 49.9. The highest BCUT2D eigenvalue weighted by Gasteiger charge is 2.18. The molecule has 0 aliphatic heterocycles. The van der Waals surface area contributed by atoms with Crippen molar-refractivity contribution >= 4 is 11.9 Å². The predicted molar refractivity (Wildman–Crippen MR) is 273 cm³/mol. The second kappa shape index (κ2) is 53.2. The molecule has 374 valence electrons. The molecule has 0 aliphatic carbocycles. The lowest BCUT2D eigenvalue weighted by molar-refractivity contribution is -0.143. The molecule has 0 aromatic carbocycles. The number of carbonyl (C=O) groups is 2. The first-order valence-corrected chi connectivity index (χ1v) is 28.5. The Kier molecular flexibility index (Phi) is 52.0. The summed E-state index contributed by atoms with van der Waals surface area (Å²) in [6.07, 6.45) is 62.2. The first kappa shape index (κ1) is 61.6. The van der Waals surface area contributed by atoms with Crippen LogP contribution in [0.5, 0.6) is 0 Å². The number of rotatable bonds is 53. The molecule has 0 saturated carbocycles. The highest BCUT2D eigenvalue weighted by Crippen LogP contribution is 2.17. The first-order valence-electron chi connectivity index (χ1n) is 28.5. The van der Waals surface area contributed by atoms with Crippen LogP contribution in [-0.4, -0.2) is 47.4 Å². The van der Waals surface area contributed by atoms with E-state index in [4.69, 9.17) is 4.74 Å². The second-order valence-corrected chi connectivity index (χ2v) is 19.6. The van der Waals surface area contributed by atoms with E-state index in [0.29, 0.717) is 19.4 Å². The minimum Gasteiger partial charge on any atom is -0.466 e. The zero-order valence-electron chi connectivity index (χ0n) is 42.6. The van der Waals surface area contributed by atoms with E-state index in [-0.39, 0.29) is 18.5 Å². The molecule has 6 heteroatoms. The van der Waals surface area contributed by atoms with Crippen LogP contribution in [0, 0.1) is 0 Å². The van der Waals surface area contributed by atoms with Gasteiger partial charge in [0.2, 0.25) is 5.91 Å². The number of hydrogen-bond donors (Lipinski definition) is 3. The number of hydrogen-bond acceptors (Lipinski definition) is 5. The summed E-state index contributed by atoms with van der Waals surface area (Å²) in [5.41, 5.74) is 0. The number of aliphatic hydroxyl groups excluding tert-OH is 2. The molecular formula is C57H111NO5. The van der Waals surface area contributed by atoms with Crippen LogP contribution in [0.1, 0.15) is 316 Å². The molecule has 0 heterocycles. The van der Waals surface area contributed by atoms with Crippen LogP contribution in [-0.2, 0) is 14.3 Å². The Morgan fingerprint density at radius 2 is 0.730 bits per heavy atom. The van der Waals surface area contributed by atoms with Crippen molar-refractivity contribution in [2.75, 3.05) is 13.2 Å². The van der Waals surface area contributed by atoms with Crippen LogP contribution in [0.25, 0.3) is 0 Å². The number of carbonyl (C=O) groups excluding carboxylic acids is 2. The summed E-state index contributed by atoms with van der Waals surface area (Å²) in [6, 6.07) is -0.636. The number of ether oxygens (including phenoxy) is 1. The lowest BCUT2D eigenvalue weighted by Gasteiger charge is -2.20. The van der Waals surface area contributed by atoms with Gasteiger partial charge in [-0.2, -0.15) is 0 Å². The summed E-state index contributed by atoms with van der Waals surface area (Å²) in [4.78, 5) is 24.5. The molecule has 0 fully saturated rings. The fourth-order valence-corrected chi connectivity index (χ4v) is 8.93. The Morgan fingerprint density at radius 1 is 0.429 bits per heavy atom. The number of aliphatic hydroxyl groups is 2. The third-order valence-electron chi connectivity index (χ3n) is 13.3. The fraction of sp³-hybridized carbons (Fsp3) is 0.930. The molecule has 63 heavy (non-hydrogen) atoms. The molecule has 2 atom stereocenters. The zero-order chi connectivity index (χ0) is 45.8. The summed E-state index contributed by atoms with van der Waals surface area (Å²) in [5.74, 6) is -0.0807. The molecule has 0 aromatic rings. The minimum atomic E-state index is -0.851. The molecule has 0 aromatic heterocycles. The monoisotopic (exact) mass is 890 g/mol. The summed E-state index contributed by atoms with van der Waals surface area (Å²) in [7, 11) is 0. The van der Waals surface area contributed by atoms with Crippen molar-refractivity contribution < 1.29 is 24.5 Å². The average molecular weight is 891 g/mol. The lowest BCUT2D eigenvalue weighted by Crippen LogP contribution is -2.45. The Hall–Kier alpha value is -1.40. The van der Waals surface area contributed by atoms with E-state index in [1.807, 2.05) is 6.08 Å². The Labute approximate surface area is 393 Å². The summed E-state index contributed by atoms with van der Waals surface area (Å²) >= 11 is 0. The van der Waals surface area contributed by atoms with Crippen LogP contribution in [0.15, 0.2) is 12.2 Å². The highest BCUT2D eigenvalue weighted by atomic mass is 16.5. The first-order chi connectivity index (χ1) is 31.0. The van der Waals surface area contributed by atoms with Gasteiger partial charge < -0.3 is 20.3 Å².